The monoisotopic (exact) mass is 282 g/mol. The molecule has 1 amide bonds. The Balaban J connectivity index is 2.30. The van der Waals surface area contributed by atoms with Crippen LogP contribution >= 0.6 is 0 Å². The molecule has 1 unspecified atom stereocenters. The van der Waals surface area contributed by atoms with Gasteiger partial charge in [-0.3, -0.25) is 4.79 Å². The molecule has 0 radical (unpaired) electrons. The van der Waals surface area contributed by atoms with Gasteiger partial charge in [-0.05, 0) is 32.2 Å². The summed E-state index contributed by atoms with van der Waals surface area (Å²) in [5.74, 6) is -0.139. The van der Waals surface area contributed by atoms with Crippen molar-refractivity contribution >= 4 is 5.91 Å². The predicted octanol–water partition coefficient (Wildman–Crippen LogP) is 1.69. The van der Waals surface area contributed by atoms with Gasteiger partial charge < -0.3 is 15.4 Å². The molecule has 0 aromatic carbocycles. The number of amides is 1. The van der Waals surface area contributed by atoms with Crippen LogP contribution in [0.3, 0.4) is 0 Å². The van der Waals surface area contributed by atoms with Gasteiger partial charge in [0.15, 0.2) is 0 Å². The number of halogens is 3. The van der Waals surface area contributed by atoms with Crippen molar-refractivity contribution in [2.24, 2.45) is 5.73 Å². The first-order chi connectivity index (χ1) is 8.94. The second kappa shape index (κ2) is 7.69. The number of alkyl halides is 3. The summed E-state index contributed by atoms with van der Waals surface area (Å²) in [4.78, 5) is 13.7. The molecule has 0 aliphatic carbocycles. The van der Waals surface area contributed by atoms with E-state index in [-0.39, 0.29) is 25.0 Å². The predicted molar refractivity (Wildman–Crippen MR) is 64.5 cm³/mol. The van der Waals surface area contributed by atoms with Crippen LogP contribution in [0.25, 0.3) is 0 Å². The summed E-state index contributed by atoms with van der Waals surface area (Å²) in [5, 5.41) is 0. The first-order valence-corrected chi connectivity index (χ1v) is 6.58. The number of nitrogens with zero attached hydrogens (tertiary/aromatic N) is 1. The molecule has 4 nitrogen and oxygen atoms in total. The highest BCUT2D eigenvalue weighted by Crippen LogP contribution is 2.20. The van der Waals surface area contributed by atoms with Gasteiger partial charge in [0.25, 0.3) is 0 Å². The zero-order valence-electron chi connectivity index (χ0n) is 10.9. The van der Waals surface area contributed by atoms with Crippen LogP contribution in [0.5, 0.6) is 0 Å². The lowest BCUT2D eigenvalue weighted by Crippen LogP contribution is -2.45. The molecule has 1 heterocycles. The smallest absolute Gasteiger partial charge is 0.372 e. The molecule has 0 saturated carbocycles. The Labute approximate surface area is 111 Å². The lowest BCUT2D eigenvalue weighted by Gasteiger charge is -2.35. The van der Waals surface area contributed by atoms with Crippen molar-refractivity contribution in [3.63, 3.8) is 0 Å². The van der Waals surface area contributed by atoms with Crippen LogP contribution in [-0.2, 0) is 9.53 Å². The molecule has 1 aliphatic rings. The molecule has 1 aliphatic heterocycles. The van der Waals surface area contributed by atoms with E-state index in [0.717, 1.165) is 25.7 Å². The zero-order valence-corrected chi connectivity index (χ0v) is 10.9. The Kier molecular flexibility index (Phi) is 6.57. The van der Waals surface area contributed by atoms with Crippen LogP contribution in [0, 0.1) is 0 Å². The quantitative estimate of drug-likeness (QED) is 0.754. The van der Waals surface area contributed by atoms with Crippen LogP contribution in [0.1, 0.15) is 32.1 Å². The minimum Gasteiger partial charge on any atom is -0.372 e. The Morgan fingerprint density at radius 1 is 1.37 bits per heavy atom. The number of likely N-dealkylation sites (tertiary alicyclic amines) is 1. The lowest BCUT2D eigenvalue weighted by molar-refractivity contribution is -0.175. The van der Waals surface area contributed by atoms with Gasteiger partial charge in [0.1, 0.15) is 6.61 Å². The number of nitrogens with two attached hydrogens (primary N) is 1. The fourth-order valence-corrected chi connectivity index (χ4v) is 2.31. The third-order valence-corrected chi connectivity index (χ3v) is 3.17. The maximum Gasteiger partial charge on any atom is 0.411 e. The molecule has 0 bridgehead atoms. The summed E-state index contributed by atoms with van der Waals surface area (Å²) in [7, 11) is 0. The molecular weight excluding hydrogens is 261 g/mol. The largest absolute Gasteiger partial charge is 0.411 e. The Morgan fingerprint density at radius 2 is 2.11 bits per heavy atom. The Morgan fingerprint density at radius 3 is 2.74 bits per heavy atom. The summed E-state index contributed by atoms with van der Waals surface area (Å²) >= 11 is 0. The Bertz CT molecular complexity index is 283. The molecule has 1 saturated heterocycles. The molecule has 0 aromatic heterocycles. The molecule has 7 heteroatoms. The minimum atomic E-state index is -4.34. The summed E-state index contributed by atoms with van der Waals surface area (Å²) in [6, 6.07) is 0.133. The number of carbonyl (C=O) groups is 1. The molecular formula is C12H21F3N2O2. The highest BCUT2D eigenvalue weighted by Gasteiger charge is 2.28. The van der Waals surface area contributed by atoms with E-state index >= 15 is 0 Å². The first-order valence-electron chi connectivity index (χ1n) is 6.58. The normalized spacial score (nSPS) is 20.6. The molecule has 19 heavy (non-hydrogen) atoms. The van der Waals surface area contributed by atoms with E-state index < -0.39 is 12.8 Å². The highest BCUT2D eigenvalue weighted by atomic mass is 19.4. The summed E-state index contributed by atoms with van der Waals surface area (Å²) in [6.07, 6.45) is -0.663. The van der Waals surface area contributed by atoms with Crippen molar-refractivity contribution in [2.75, 3.05) is 26.3 Å². The van der Waals surface area contributed by atoms with E-state index in [1.165, 1.54) is 0 Å². The van der Waals surface area contributed by atoms with E-state index in [4.69, 9.17) is 5.73 Å². The SMILES string of the molecule is NCCC1CCCCN1C(=O)CCOCC(F)(F)F. The van der Waals surface area contributed by atoms with Gasteiger partial charge in [0.05, 0.1) is 13.0 Å². The summed E-state index contributed by atoms with van der Waals surface area (Å²) in [5.41, 5.74) is 5.50. The lowest BCUT2D eigenvalue weighted by atomic mass is 9.99. The van der Waals surface area contributed by atoms with E-state index in [0.29, 0.717) is 13.1 Å². The fourth-order valence-electron chi connectivity index (χ4n) is 2.31. The highest BCUT2D eigenvalue weighted by molar-refractivity contribution is 5.76. The van der Waals surface area contributed by atoms with Crippen LogP contribution in [0.2, 0.25) is 0 Å². The second-order valence-electron chi connectivity index (χ2n) is 4.73. The molecule has 112 valence electrons. The van der Waals surface area contributed by atoms with Gasteiger partial charge in [-0.2, -0.15) is 13.2 Å². The number of ether oxygens (including phenoxy) is 1. The van der Waals surface area contributed by atoms with Crippen molar-refractivity contribution in [1.82, 2.24) is 4.90 Å². The van der Waals surface area contributed by atoms with E-state index in [1.807, 2.05) is 0 Å². The minimum absolute atomic E-state index is 0.00283. The fraction of sp³-hybridized carbons (Fsp3) is 0.917. The van der Waals surface area contributed by atoms with Gasteiger partial charge in [-0.1, -0.05) is 0 Å². The summed E-state index contributed by atoms with van der Waals surface area (Å²) < 4.78 is 40.0. The maximum absolute atomic E-state index is 11.9. The van der Waals surface area contributed by atoms with Crippen molar-refractivity contribution in [3.8, 4) is 0 Å². The first kappa shape index (κ1) is 16.2. The summed E-state index contributed by atoms with van der Waals surface area (Å²) in [6.45, 7) is -0.307. The number of hydrogen-bond acceptors (Lipinski definition) is 3. The number of hydrogen-bond donors (Lipinski definition) is 1. The van der Waals surface area contributed by atoms with Gasteiger partial charge in [-0.15, -0.1) is 0 Å². The van der Waals surface area contributed by atoms with Crippen LogP contribution < -0.4 is 5.73 Å². The molecule has 1 atom stereocenters. The molecule has 2 N–H and O–H groups in total. The average molecular weight is 282 g/mol. The molecule has 0 spiro atoms. The number of carbonyl (C=O) groups excluding carboxylic acids is 1. The average Bonchev–Trinajstić information content (AvgIpc) is 2.34. The van der Waals surface area contributed by atoms with E-state index in [9.17, 15) is 18.0 Å². The topological polar surface area (TPSA) is 55.6 Å². The third-order valence-electron chi connectivity index (χ3n) is 3.17. The second-order valence-corrected chi connectivity index (χ2v) is 4.73. The van der Waals surface area contributed by atoms with Crippen molar-refractivity contribution < 1.29 is 22.7 Å². The molecule has 0 aromatic rings. The maximum atomic E-state index is 11.9. The van der Waals surface area contributed by atoms with Gasteiger partial charge in [0.2, 0.25) is 5.91 Å². The van der Waals surface area contributed by atoms with Crippen LogP contribution in [-0.4, -0.2) is 49.3 Å². The standard InChI is InChI=1S/C12H21F3N2O2/c13-12(14,15)9-19-8-5-11(18)17-7-2-1-3-10(17)4-6-16/h10H,1-9,16H2. The van der Waals surface area contributed by atoms with Crippen LogP contribution in [0.4, 0.5) is 13.2 Å². The van der Waals surface area contributed by atoms with Gasteiger partial charge in [0, 0.05) is 12.6 Å². The van der Waals surface area contributed by atoms with Crippen molar-refractivity contribution in [3.05, 3.63) is 0 Å². The van der Waals surface area contributed by atoms with Gasteiger partial charge >= 0.3 is 6.18 Å². The van der Waals surface area contributed by atoms with E-state index in [2.05, 4.69) is 4.74 Å². The number of piperidine rings is 1. The van der Waals surface area contributed by atoms with Crippen molar-refractivity contribution in [1.29, 1.82) is 0 Å². The van der Waals surface area contributed by atoms with E-state index in [1.54, 1.807) is 4.90 Å². The third kappa shape index (κ3) is 6.24. The number of rotatable bonds is 6. The van der Waals surface area contributed by atoms with Crippen molar-refractivity contribution in [2.45, 2.75) is 44.3 Å². The molecule has 1 rings (SSSR count). The molecule has 1 fully saturated rings. The zero-order chi connectivity index (χ0) is 14.3. The Hall–Kier alpha value is -0.820. The van der Waals surface area contributed by atoms with Gasteiger partial charge in [-0.25, -0.2) is 0 Å². The van der Waals surface area contributed by atoms with Crippen LogP contribution in [0.15, 0.2) is 0 Å².